The molecule has 1 aromatic carbocycles. The standard InChI is InChI=1S/C11H15FO2/c1-7(6-13)9-3-4-11(14)10(5-9)8(2)12/h3-5,7-8,13-14H,6H2,1-2H3. The van der Waals surface area contributed by atoms with E-state index >= 15 is 0 Å². The fourth-order valence-corrected chi connectivity index (χ4v) is 1.30. The maximum atomic E-state index is 13.0. The first-order valence-corrected chi connectivity index (χ1v) is 4.64. The summed E-state index contributed by atoms with van der Waals surface area (Å²) in [6.07, 6.45) is -1.19. The van der Waals surface area contributed by atoms with Crippen LogP contribution in [-0.2, 0) is 0 Å². The molecule has 1 aromatic rings. The summed E-state index contributed by atoms with van der Waals surface area (Å²) in [7, 11) is 0. The summed E-state index contributed by atoms with van der Waals surface area (Å²) >= 11 is 0. The molecule has 1 rings (SSSR count). The summed E-state index contributed by atoms with van der Waals surface area (Å²) < 4.78 is 13.0. The van der Waals surface area contributed by atoms with Crippen LogP contribution in [0.25, 0.3) is 0 Å². The second-order valence-corrected chi connectivity index (χ2v) is 3.52. The predicted molar refractivity (Wildman–Crippen MR) is 53.1 cm³/mol. The lowest BCUT2D eigenvalue weighted by Crippen LogP contribution is -2.00. The van der Waals surface area contributed by atoms with Crippen LogP contribution in [0.3, 0.4) is 0 Å². The number of hydrogen-bond acceptors (Lipinski definition) is 2. The zero-order valence-corrected chi connectivity index (χ0v) is 8.37. The van der Waals surface area contributed by atoms with Gasteiger partial charge in [-0.15, -0.1) is 0 Å². The molecule has 0 heterocycles. The van der Waals surface area contributed by atoms with E-state index in [1.165, 1.54) is 13.0 Å². The van der Waals surface area contributed by atoms with Crippen LogP contribution >= 0.6 is 0 Å². The lowest BCUT2D eigenvalue weighted by atomic mass is 9.98. The topological polar surface area (TPSA) is 40.5 Å². The van der Waals surface area contributed by atoms with E-state index in [0.29, 0.717) is 0 Å². The van der Waals surface area contributed by atoms with Crippen LogP contribution < -0.4 is 0 Å². The van der Waals surface area contributed by atoms with Gasteiger partial charge in [-0.1, -0.05) is 13.0 Å². The molecule has 0 bridgehead atoms. The van der Waals surface area contributed by atoms with E-state index in [-0.39, 0.29) is 23.8 Å². The normalized spacial score (nSPS) is 15.1. The molecule has 0 radical (unpaired) electrons. The Bertz CT molecular complexity index is 310. The van der Waals surface area contributed by atoms with Crippen molar-refractivity contribution in [2.24, 2.45) is 0 Å². The highest BCUT2D eigenvalue weighted by molar-refractivity contribution is 5.38. The molecule has 0 aliphatic rings. The number of aliphatic hydroxyl groups is 1. The van der Waals surface area contributed by atoms with Crippen molar-refractivity contribution in [3.8, 4) is 5.75 Å². The Morgan fingerprint density at radius 1 is 1.36 bits per heavy atom. The third-order valence-corrected chi connectivity index (χ3v) is 2.32. The summed E-state index contributed by atoms with van der Waals surface area (Å²) in [5, 5.41) is 18.3. The summed E-state index contributed by atoms with van der Waals surface area (Å²) in [6.45, 7) is 3.24. The molecule has 0 aromatic heterocycles. The molecule has 14 heavy (non-hydrogen) atoms. The van der Waals surface area contributed by atoms with E-state index < -0.39 is 6.17 Å². The van der Waals surface area contributed by atoms with Crippen molar-refractivity contribution in [1.82, 2.24) is 0 Å². The third kappa shape index (κ3) is 2.23. The molecule has 0 fully saturated rings. The number of hydrogen-bond donors (Lipinski definition) is 2. The van der Waals surface area contributed by atoms with Crippen LogP contribution in [0.2, 0.25) is 0 Å². The lowest BCUT2D eigenvalue weighted by molar-refractivity contribution is 0.272. The maximum Gasteiger partial charge on any atom is 0.126 e. The molecule has 0 aliphatic heterocycles. The van der Waals surface area contributed by atoms with Crippen LogP contribution in [-0.4, -0.2) is 16.8 Å². The number of aromatic hydroxyl groups is 1. The smallest absolute Gasteiger partial charge is 0.126 e. The number of aliphatic hydroxyl groups excluding tert-OH is 1. The van der Waals surface area contributed by atoms with Gasteiger partial charge in [0.05, 0.1) is 0 Å². The van der Waals surface area contributed by atoms with Gasteiger partial charge in [0.25, 0.3) is 0 Å². The van der Waals surface area contributed by atoms with Gasteiger partial charge >= 0.3 is 0 Å². The molecular weight excluding hydrogens is 183 g/mol. The quantitative estimate of drug-likeness (QED) is 0.783. The minimum Gasteiger partial charge on any atom is -0.508 e. The molecule has 78 valence electrons. The van der Waals surface area contributed by atoms with E-state index in [1.54, 1.807) is 12.1 Å². The van der Waals surface area contributed by atoms with Crippen molar-refractivity contribution in [1.29, 1.82) is 0 Å². The molecule has 2 unspecified atom stereocenters. The Morgan fingerprint density at radius 2 is 2.00 bits per heavy atom. The van der Waals surface area contributed by atoms with Crippen LogP contribution in [0.4, 0.5) is 4.39 Å². The van der Waals surface area contributed by atoms with Crippen molar-refractivity contribution >= 4 is 0 Å². The molecule has 0 spiro atoms. The molecule has 0 saturated carbocycles. The summed E-state index contributed by atoms with van der Waals surface area (Å²) in [5.74, 6) is -0.0676. The number of rotatable bonds is 3. The fourth-order valence-electron chi connectivity index (χ4n) is 1.30. The number of benzene rings is 1. The molecule has 0 amide bonds. The predicted octanol–water partition coefficient (Wildman–Crippen LogP) is 2.52. The number of phenols is 1. The Morgan fingerprint density at radius 3 is 2.50 bits per heavy atom. The van der Waals surface area contributed by atoms with Gasteiger partial charge in [0.2, 0.25) is 0 Å². The molecule has 0 saturated heterocycles. The van der Waals surface area contributed by atoms with Gasteiger partial charge in [0.1, 0.15) is 11.9 Å². The highest BCUT2D eigenvalue weighted by Gasteiger charge is 2.12. The summed E-state index contributed by atoms with van der Waals surface area (Å²) in [4.78, 5) is 0. The fraction of sp³-hybridized carbons (Fsp3) is 0.455. The van der Waals surface area contributed by atoms with Crippen LogP contribution in [0.1, 0.15) is 37.1 Å². The Hall–Kier alpha value is -1.09. The van der Waals surface area contributed by atoms with Gasteiger partial charge in [-0.25, -0.2) is 4.39 Å². The molecule has 2 nitrogen and oxygen atoms in total. The highest BCUT2D eigenvalue weighted by Crippen LogP contribution is 2.29. The highest BCUT2D eigenvalue weighted by atomic mass is 19.1. The van der Waals surface area contributed by atoms with Crippen LogP contribution in [0.15, 0.2) is 18.2 Å². The Kier molecular flexibility index (Phi) is 3.47. The van der Waals surface area contributed by atoms with Gasteiger partial charge < -0.3 is 10.2 Å². The van der Waals surface area contributed by atoms with E-state index in [0.717, 1.165) is 5.56 Å². The molecule has 2 N–H and O–H groups in total. The van der Waals surface area contributed by atoms with Crippen molar-refractivity contribution in [3.05, 3.63) is 29.3 Å². The second kappa shape index (κ2) is 4.42. The van der Waals surface area contributed by atoms with Gasteiger partial charge in [0, 0.05) is 18.1 Å². The molecule has 3 heteroatoms. The van der Waals surface area contributed by atoms with Crippen molar-refractivity contribution in [2.75, 3.05) is 6.61 Å². The van der Waals surface area contributed by atoms with Crippen LogP contribution in [0.5, 0.6) is 5.75 Å². The summed E-state index contributed by atoms with van der Waals surface area (Å²) in [5.41, 5.74) is 1.12. The first kappa shape index (κ1) is 11.0. The van der Waals surface area contributed by atoms with Gasteiger partial charge in [-0.3, -0.25) is 0 Å². The van der Waals surface area contributed by atoms with Crippen molar-refractivity contribution in [3.63, 3.8) is 0 Å². The zero-order chi connectivity index (χ0) is 10.7. The van der Waals surface area contributed by atoms with E-state index in [1.807, 2.05) is 6.92 Å². The molecule has 2 atom stereocenters. The maximum absolute atomic E-state index is 13.0. The largest absolute Gasteiger partial charge is 0.508 e. The molecular formula is C11H15FO2. The van der Waals surface area contributed by atoms with E-state index in [4.69, 9.17) is 5.11 Å². The summed E-state index contributed by atoms with van der Waals surface area (Å²) in [6, 6.07) is 4.76. The average Bonchev–Trinajstić information content (AvgIpc) is 2.17. The zero-order valence-electron chi connectivity index (χ0n) is 8.37. The minimum absolute atomic E-state index is 0.0187. The minimum atomic E-state index is -1.19. The third-order valence-electron chi connectivity index (χ3n) is 2.32. The van der Waals surface area contributed by atoms with Gasteiger partial charge in [-0.2, -0.15) is 0 Å². The van der Waals surface area contributed by atoms with Gasteiger partial charge in [-0.05, 0) is 24.6 Å². The van der Waals surface area contributed by atoms with E-state index in [9.17, 15) is 9.50 Å². The molecule has 0 aliphatic carbocycles. The number of halogens is 1. The average molecular weight is 198 g/mol. The van der Waals surface area contributed by atoms with Gasteiger partial charge in [0.15, 0.2) is 0 Å². The SMILES string of the molecule is CC(F)c1cc(C(C)CO)ccc1O. The monoisotopic (exact) mass is 198 g/mol. The van der Waals surface area contributed by atoms with E-state index in [2.05, 4.69) is 0 Å². The second-order valence-electron chi connectivity index (χ2n) is 3.52. The van der Waals surface area contributed by atoms with Crippen LogP contribution in [0, 0.1) is 0 Å². The van der Waals surface area contributed by atoms with Crippen molar-refractivity contribution < 1.29 is 14.6 Å². The van der Waals surface area contributed by atoms with Crippen molar-refractivity contribution in [2.45, 2.75) is 25.9 Å². The first-order valence-electron chi connectivity index (χ1n) is 4.64. The number of phenolic OH excluding ortho intramolecular Hbond substituents is 1. The Labute approximate surface area is 83.0 Å². The number of alkyl halides is 1. The lowest BCUT2D eigenvalue weighted by Gasteiger charge is -2.12. The Balaban J connectivity index is 3.06. The first-order chi connectivity index (χ1) is 6.56.